The van der Waals surface area contributed by atoms with Crippen molar-refractivity contribution >= 4 is 22.7 Å². The van der Waals surface area contributed by atoms with Crippen LogP contribution in [0.3, 0.4) is 0 Å². The molecule has 96 valence electrons. The van der Waals surface area contributed by atoms with E-state index in [9.17, 15) is 0 Å². The molecule has 2 rings (SSSR count). The highest BCUT2D eigenvalue weighted by atomic mass is 16.2. The van der Waals surface area contributed by atoms with Gasteiger partial charge in [0.05, 0.1) is 11.0 Å². The summed E-state index contributed by atoms with van der Waals surface area (Å²) in [5.41, 5.74) is 7.50. The average molecular weight is 246 g/mol. The average Bonchev–Trinajstić information content (AvgIpc) is 2.37. The highest BCUT2D eigenvalue weighted by molar-refractivity contribution is 5.79. The smallest absolute Gasteiger partial charge is 0.169 e. The molecule has 5 heteroatoms. The van der Waals surface area contributed by atoms with Gasteiger partial charge >= 0.3 is 0 Å². The molecule has 0 fully saturated rings. The minimum Gasteiger partial charge on any atom is -0.396 e. The summed E-state index contributed by atoms with van der Waals surface area (Å²) in [6.07, 6.45) is 1.62. The van der Waals surface area contributed by atoms with E-state index in [-0.39, 0.29) is 12.6 Å². The molecule has 5 nitrogen and oxygen atoms in total. The van der Waals surface area contributed by atoms with Gasteiger partial charge in [0.25, 0.3) is 0 Å². The quantitative estimate of drug-likeness (QED) is 0.749. The summed E-state index contributed by atoms with van der Waals surface area (Å²) in [4.78, 5) is 8.77. The third-order valence-corrected chi connectivity index (χ3v) is 2.78. The Balaban J connectivity index is 2.19. The Morgan fingerprint density at radius 1 is 1.28 bits per heavy atom. The summed E-state index contributed by atoms with van der Waals surface area (Å²) in [5.74, 6) is 1.02. The van der Waals surface area contributed by atoms with Crippen molar-refractivity contribution < 1.29 is 5.11 Å². The van der Waals surface area contributed by atoms with E-state index >= 15 is 0 Å². The predicted molar refractivity (Wildman–Crippen MR) is 73.4 cm³/mol. The fraction of sp³-hybridized carbons (Fsp3) is 0.385. The van der Waals surface area contributed by atoms with Gasteiger partial charge in [0.15, 0.2) is 11.6 Å². The lowest BCUT2D eigenvalue weighted by Crippen LogP contribution is -2.18. The van der Waals surface area contributed by atoms with Gasteiger partial charge in [-0.05, 0) is 31.9 Å². The van der Waals surface area contributed by atoms with Gasteiger partial charge in [0.2, 0.25) is 0 Å². The number of nitrogens with zero attached hydrogens (tertiary/aromatic N) is 2. The van der Waals surface area contributed by atoms with Crippen molar-refractivity contribution in [2.24, 2.45) is 0 Å². The van der Waals surface area contributed by atoms with Crippen molar-refractivity contribution in [3.05, 3.63) is 24.3 Å². The molecule has 2 aromatic rings. The van der Waals surface area contributed by atoms with Gasteiger partial charge in [-0.3, -0.25) is 0 Å². The first-order chi connectivity index (χ1) is 8.70. The molecule has 18 heavy (non-hydrogen) atoms. The van der Waals surface area contributed by atoms with Crippen LogP contribution in [0.25, 0.3) is 11.0 Å². The van der Waals surface area contributed by atoms with Crippen molar-refractivity contribution in [3.8, 4) is 0 Å². The molecule has 1 atom stereocenters. The number of aromatic nitrogens is 2. The van der Waals surface area contributed by atoms with E-state index in [0.29, 0.717) is 11.6 Å². The largest absolute Gasteiger partial charge is 0.396 e. The van der Waals surface area contributed by atoms with Crippen LogP contribution in [-0.4, -0.2) is 27.7 Å². The fourth-order valence-corrected chi connectivity index (χ4v) is 1.82. The third-order valence-electron chi connectivity index (χ3n) is 2.78. The van der Waals surface area contributed by atoms with Crippen molar-refractivity contribution in [1.82, 2.24) is 9.97 Å². The number of hydrogen-bond donors (Lipinski definition) is 3. The second-order valence-electron chi connectivity index (χ2n) is 4.36. The normalized spacial score (nSPS) is 12.6. The number of benzene rings is 1. The van der Waals surface area contributed by atoms with E-state index < -0.39 is 0 Å². The predicted octanol–water partition coefficient (Wildman–Crippen LogP) is 1.78. The number of anilines is 2. The van der Waals surface area contributed by atoms with E-state index in [4.69, 9.17) is 10.8 Å². The van der Waals surface area contributed by atoms with Crippen LogP contribution in [-0.2, 0) is 0 Å². The Hall–Kier alpha value is -1.88. The molecule has 0 aliphatic heterocycles. The van der Waals surface area contributed by atoms with Crippen LogP contribution in [0.15, 0.2) is 24.3 Å². The number of nitrogens with two attached hydrogens (primary N) is 1. The second-order valence-corrected chi connectivity index (χ2v) is 4.36. The number of aliphatic hydroxyl groups is 1. The molecule has 0 saturated carbocycles. The maximum atomic E-state index is 8.80. The maximum Gasteiger partial charge on any atom is 0.169 e. The Morgan fingerprint density at radius 2 is 1.94 bits per heavy atom. The Labute approximate surface area is 106 Å². The fourth-order valence-electron chi connectivity index (χ4n) is 1.82. The van der Waals surface area contributed by atoms with Gasteiger partial charge in [0.1, 0.15) is 0 Å². The standard InChI is InChI=1S/C13H18N4O/c1-9(5-4-8-18)15-13-12(14)16-10-6-2-3-7-11(10)17-13/h2-3,6-7,9,18H,4-5,8H2,1H3,(H2,14,16)(H,15,17). The summed E-state index contributed by atoms with van der Waals surface area (Å²) in [6.45, 7) is 2.23. The first kappa shape index (κ1) is 12.6. The molecular weight excluding hydrogens is 228 g/mol. The van der Waals surface area contributed by atoms with Crippen LogP contribution in [0.5, 0.6) is 0 Å². The van der Waals surface area contributed by atoms with Crippen LogP contribution >= 0.6 is 0 Å². The lowest BCUT2D eigenvalue weighted by Gasteiger charge is -2.15. The molecule has 1 aromatic heterocycles. The van der Waals surface area contributed by atoms with Gasteiger partial charge in [-0.25, -0.2) is 9.97 Å². The molecule has 0 saturated heterocycles. The molecule has 4 N–H and O–H groups in total. The molecule has 0 spiro atoms. The van der Waals surface area contributed by atoms with Crippen molar-refractivity contribution in [1.29, 1.82) is 0 Å². The highest BCUT2D eigenvalue weighted by Crippen LogP contribution is 2.19. The molecule has 0 aliphatic rings. The highest BCUT2D eigenvalue weighted by Gasteiger charge is 2.08. The summed E-state index contributed by atoms with van der Waals surface area (Å²) in [5, 5.41) is 12.0. The minimum atomic E-state index is 0.199. The third kappa shape index (κ3) is 2.87. The number of fused-ring (bicyclic) bond motifs is 1. The Morgan fingerprint density at radius 3 is 2.61 bits per heavy atom. The van der Waals surface area contributed by atoms with Crippen LogP contribution in [0.4, 0.5) is 11.6 Å². The van der Waals surface area contributed by atoms with E-state index in [2.05, 4.69) is 15.3 Å². The number of para-hydroxylation sites is 2. The minimum absolute atomic E-state index is 0.199. The Kier molecular flexibility index (Phi) is 3.94. The number of hydrogen-bond acceptors (Lipinski definition) is 5. The van der Waals surface area contributed by atoms with Crippen molar-refractivity contribution in [3.63, 3.8) is 0 Å². The lowest BCUT2D eigenvalue weighted by atomic mass is 10.2. The van der Waals surface area contributed by atoms with Gasteiger partial charge in [-0.15, -0.1) is 0 Å². The lowest BCUT2D eigenvalue weighted by molar-refractivity contribution is 0.282. The molecule has 0 bridgehead atoms. The molecule has 1 heterocycles. The first-order valence-electron chi connectivity index (χ1n) is 6.10. The van der Waals surface area contributed by atoms with E-state index in [1.807, 2.05) is 31.2 Å². The second kappa shape index (κ2) is 5.64. The molecule has 1 aromatic carbocycles. The summed E-state index contributed by atoms with van der Waals surface area (Å²) in [6, 6.07) is 7.83. The van der Waals surface area contributed by atoms with Gasteiger partial charge in [-0.2, -0.15) is 0 Å². The number of nitrogens with one attached hydrogen (secondary N) is 1. The van der Waals surface area contributed by atoms with Gasteiger partial charge in [0, 0.05) is 12.6 Å². The van der Waals surface area contributed by atoms with Crippen molar-refractivity contribution in [2.75, 3.05) is 17.7 Å². The first-order valence-corrected chi connectivity index (χ1v) is 6.10. The number of nitrogen functional groups attached to an aromatic ring is 1. The zero-order valence-electron chi connectivity index (χ0n) is 10.4. The molecule has 0 radical (unpaired) electrons. The molecule has 1 unspecified atom stereocenters. The zero-order chi connectivity index (χ0) is 13.0. The van der Waals surface area contributed by atoms with Crippen LogP contribution in [0.1, 0.15) is 19.8 Å². The summed E-state index contributed by atoms with van der Waals surface area (Å²) < 4.78 is 0. The Bertz CT molecular complexity index is 529. The molecule has 0 amide bonds. The van der Waals surface area contributed by atoms with E-state index in [0.717, 1.165) is 23.9 Å². The monoisotopic (exact) mass is 246 g/mol. The van der Waals surface area contributed by atoms with Gasteiger partial charge in [-0.1, -0.05) is 12.1 Å². The SMILES string of the molecule is CC(CCCO)Nc1nc2ccccc2nc1N. The maximum absolute atomic E-state index is 8.80. The number of rotatable bonds is 5. The van der Waals surface area contributed by atoms with Crippen molar-refractivity contribution in [2.45, 2.75) is 25.8 Å². The van der Waals surface area contributed by atoms with Gasteiger partial charge < -0.3 is 16.2 Å². The molecular formula is C13H18N4O. The molecule has 0 aliphatic carbocycles. The van der Waals surface area contributed by atoms with Crippen LogP contribution < -0.4 is 11.1 Å². The summed E-state index contributed by atoms with van der Waals surface area (Å²) in [7, 11) is 0. The topological polar surface area (TPSA) is 84.1 Å². The number of aliphatic hydroxyl groups excluding tert-OH is 1. The van der Waals surface area contributed by atoms with Crippen LogP contribution in [0, 0.1) is 0 Å². The zero-order valence-corrected chi connectivity index (χ0v) is 10.4. The van der Waals surface area contributed by atoms with Crippen LogP contribution in [0.2, 0.25) is 0 Å². The van der Waals surface area contributed by atoms with E-state index in [1.165, 1.54) is 0 Å². The van der Waals surface area contributed by atoms with E-state index in [1.54, 1.807) is 0 Å². The summed E-state index contributed by atoms with van der Waals surface area (Å²) >= 11 is 0.